The van der Waals surface area contributed by atoms with Crippen molar-refractivity contribution in [2.45, 2.75) is 4.90 Å². The van der Waals surface area contributed by atoms with Crippen LogP contribution < -0.4 is 10.6 Å². The number of nitrogens with one attached hydrogen (secondary N) is 2. The zero-order chi connectivity index (χ0) is 24.1. The molecule has 2 aromatic carbocycles. The molecule has 0 aliphatic rings. The Hall–Kier alpha value is -2.49. The van der Waals surface area contributed by atoms with Crippen molar-refractivity contribution in [3.63, 3.8) is 0 Å². The lowest BCUT2D eigenvalue weighted by Gasteiger charge is -2.14. The molecule has 0 aliphatic carbocycles. The SMILES string of the molecule is O=C(CSc1ccc(NC(=O)c2c(Cl)c(Cl)c(Cl)c(Cl)c2C(=O)O)cc1)Nc1ccccn1. The molecule has 1 heterocycles. The Morgan fingerprint density at radius 1 is 0.848 bits per heavy atom. The number of carboxylic acids is 1. The van der Waals surface area contributed by atoms with Gasteiger partial charge in [0.15, 0.2) is 0 Å². The number of nitrogens with zero attached hydrogens (tertiary/aromatic N) is 1. The van der Waals surface area contributed by atoms with Gasteiger partial charge in [0.1, 0.15) is 5.82 Å². The molecular weight excluding hydrogens is 532 g/mol. The summed E-state index contributed by atoms with van der Waals surface area (Å²) >= 11 is 25.2. The molecule has 0 aliphatic heterocycles. The number of aromatic nitrogens is 1. The summed E-state index contributed by atoms with van der Waals surface area (Å²) in [4.78, 5) is 41.2. The Morgan fingerprint density at radius 2 is 1.48 bits per heavy atom. The molecule has 170 valence electrons. The van der Waals surface area contributed by atoms with Crippen molar-refractivity contribution in [3.05, 3.63) is 79.9 Å². The fourth-order valence-corrected chi connectivity index (χ4v) is 4.36. The highest BCUT2D eigenvalue weighted by atomic mass is 35.5. The van der Waals surface area contributed by atoms with Crippen LogP contribution in [0.3, 0.4) is 0 Å². The van der Waals surface area contributed by atoms with Crippen molar-refractivity contribution in [1.82, 2.24) is 4.98 Å². The van der Waals surface area contributed by atoms with Gasteiger partial charge in [-0.2, -0.15) is 0 Å². The fraction of sp³-hybridized carbons (Fsp3) is 0.0476. The first-order valence-electron chi connectivity index (χ1n) is 9.03. The highest BCUT2D eigenvalue weighted by Gasteiger charge is 2.28. The molecule has 0 bridgehead atoms. The second-order valence-corrected chi connectivity index (χ2v) is 8.90. The van der Waals surface area contributed by atoms with Crippen LogP contribution in [0.2, 0.25) is 20.1 Å². The zero-order valence-corrected chi connectivity index (χ0v) is 20.2. The van der Waals surface area contributed by atoms with Gasteiger partial charge in [-0.25, -0.2) is 9.78 Å². The second kappa shape index (κ2) is 11.1. The highest BCUT2D eigenvalue weighted by Crippen LogP contribution is 2.41. The van der Waals surface area contributed by atoms with Gasteiger partial charge in [-0.05, 0) is 36.4 Å². The van der Waals surface area contributed by atoms with E-state index >= 15 is 0 Å². The summed E-state index contributed by atoms with van der Waals surface area (Å²) in [5, 5.41) is 13.5. The lowest BCUT2D eigenvalue weighted by molar-refractivity contribution is -0.113. The molecule has 7 nitrogen and oxygen atoms in total. The van der Waals surface area contributed by atoms with Crippen LogP contribution in [-0.4, -0.2) is 33.6 Å². The summed E-state index contributed by atoms with van der Waals surface area (Å²) in [6.45, 7) is 0. The molecule has 2 amide bonds. The number of pyridine rings is 1. The van der Waals surface area contributed by atoms with E-state index in [4.69, 9.17) is 46.4 Å². The third-order valence-corrected chi connectivity index (χ3v) is 6.94. The number of aromatic carboxylic acids is 1. The van der Waals surface area contributed by atoms with Gasteiger partial charge in [-0.1, -0.05) is 52.5 Å². The topological polar surface area (TPSA) is 108 Å². The number of halogens is 4. The lowest BCUT2D eigenvalue weighted by Crippen LogP contribution is -2.18. The van der Waals surface area contributed by atoms with Crippen molar-refractivity contribution >= 4 is 87.5 Å². The summed E-state index contributed by atoms with van der Waals surface area (Å²) < 4.78 is 0. The third-order valence-electron chi connectivity index (χ3n) is 4.12. The van der Waals surface area contributed by atoms with Crippen molar-refractivity contribution in [2.24, 2.45) is 0 Å². The largest absolute Gasteiger partial charge is 0.478 e. The minimum absolute atomic E-state index is 0.154. The van der Waals surface area contributed by atoms with Gasteiger partial charge < -0.3 is 15.7 Å². The van der Waals surface area contributed by atoms with Crippen LogP contribution in [0, 0.1) is 0 Å². The van der Waals surface area contributed by atoms with Crippen molar-refractivity contribution < 1.29 is 19.5 Å². The molecule has 0 radical (unpaired) electrons. The number of carbonyl (C=O) groups is 3. The monoisotopic (exact) mass is 543 g/mol. The molecule has 0 atom stereocenters. The van der Waals surface area contributed by atoms with Gasteiger partial charge in [0.2, 0.25) is 5.91 Å². The minimum atomic E-state index is -1.48. The van der Waals surface area contributed by atoms with Gasteiger partial charge in [0.05, 0.1) is 37.0 Å². The van der Waals surface area contributed by atoms with Crippen molar-refractivity contribution in [1.29, 1.82) is 0 Å². The van der Waals surface area contributed by atoms with E-state index in [0.717, 1.165) is 4.90 Å². The fourth-order valence-electron chi connectivity index (χ4n) is 2.64. The Labute approximate surface area is 212 Å². The summed E-state index contributed by atoms with van der Waals surface area (Å²) in [5.41, 5.74) is -0.607. The minimum Gasteiger partial charge on any atom is -0.478 e. The van der Waals surface area contributed by atoms with Gasteiger partial charge in [0.25, 0.3) is 5.91 Å². The van der Waals surface area contributed by atoms with E-state index in [1.54, 1.807) is 48.7 Å². The smallest absolute Gasteiger partial charge is 0.338 e. The molecular formula is C21H13Cl4N3O4S. The predicted molar refractivity (Wildman–Crippen MR) is 131 cm³/mol. The molecule has 0 unspecified atom stereocenters. The maximum atomic E-state index is 12.8. The van der Waals surface area contributed by atoms with Gasteiger partial charge in [0, 0.05) is 16.8 Å². The quantitative estimate of drug-likeness (QED) is 0.181. The van der Waals surface area contributed by atoms with Crippen LogP contribution in [0.4, 0.5) is 11.5 Å². The number of carbonyl (C=O) groups excluding carboxylic acids is 2. The number of anilines is 2. The average molecular weight is 545 g/mol. The van der Waals surface area contributed by atoms with E-state index in [-0.39, 0.29) is 31.8 Å². The van der Waals surface area contributed by atoms with E-state index in [0.29, 0.717) is 11.5 Å². The zero-order valence-electron chi connectivity index (χ0n) is 16.4. The maximum Gasteiger partial charge on any atom is 0.338 e. The normalized spacial score (nSPS) is 10.5. The Bertz CT molecular complexity index is 1220. The summed E-state index contributed by atoms with van der Waals surface area (Å²) in [5.74, 6) is -1.91. The van der Waals surface area contributed by atoms with Crippen LogP contribution in [0.25, 0.3) is 0 Å². The third kappa shape index (κ3) is 6.10. The molecule has 0 saturated heterocycles. The Balaban J connectivity index is 1.69. The average Bonchev–Trinajstić information content (AvgIpc) is 2.79. The molecule has 1 aromatic heterocycles. The molecule has 12 heteroatoms. The summed E-state index contributed by atoms with van der Waals surface area (Å²) in [6.07, 6.45) is 1.58. The van der Waals surface area contributed by atoms with Crippen LogP contribution in [0.15, 0.2) is 53.6 Å². The number of benzene rings is 2. The number of rotatable bonds is 7. The molecule has 3 aromatic rings. The molecule has 3 rings (SSSR count). The second-order valence-electron chi connectivity index (χ2n) is 6.34. The Kier molecular flexibility index (Phi) is 8.45. The van der Waals surface area contributed by atoms with Crippen LogP contribution in [-0.2, 0) is 4.79 Å². The van der Waals surface area contributed by atoms with Gasteiger partial charge in [-0.15, -0.1) is 11.8 Å². The van der Waals surface area contributed by atoms with E-state index in [1.165, 1.54) is 11.8 Å². The number of hydrogen-bond acceptors (Lipinski definition) is 5. The van der Waals surface area contributed by atoms with E-state index in [2.05, 4.69) is 15.6 Å². The number of hydrogen-bond donors (Lipinski definition) is 3. The highest BCUT2D eigenvalue weighted by molar-refractivity contribution is 8.00. The van der Waals surface area contributed by atoms with Crippen molar-refractivity contribution in [3.8, 4) is 0 Å². The van der Waals surface area contributed by atoms with Gasteiger partial charge in [-0.3, -0.25) is 9.59 Å². The molecule has 33 heavy (non-hydrogen) atoms. The van der Waals surface area contributed by atoms with Crippen LogP contribution in [0.5, 0.6) is 0 Å². The van der Waals surface area contributed by atoms with E-state index in [1.807, 2.05) is 0 Å². The van der Waals surface area contributed by atoms with E-state index < -0.39 is 23.0 Å². The molecule has 0 fully saturated rings. The van der Waals surface area contributed by atoms with Crippen LogP contribution in [0.1, 0.15) is 20.7 Å². The number of carboxylic acid groups (broad SMARTS) is 1. The van der Waals surface area contributed by atoms with Gasteiger partial charge >= 0.3 is 5.97 Å². The Morgan fingerprint density at radius 3 is 2.06 bits per heavy atom. The lowest BCUT2D eigenvalue weighted by atomic mass is 10.1. The first kappa shape index (κ1) is 25.1. The summed E-state index contributed by atoms with van der Waals surface area (Å²) in [6, 6.07) is 11.8. The molecule has 3 N–H and O–H groups in total. The predicted octanol–water partition coefficient (Wildman–Crippen LogP) is 6.38. The first-order valence-corrected chi connectivity index (χ1v) is 11.5. The van der Waals surface area contributed by atoms with E-state index in [9.17, 15) is 19.5 Å². The van der Waals surface area contributed by atoms with Crippen LogP contribution >= 0.6 is 58.2 Å². The molecule has 0 spiro atoms. The number of thioether (sulfide) groups is 1. The standard InChI is InChI=1S/C21H13Cl4N3O4S/c22-16-14(15(21(31)32)17(23)19(25)18(16)24)20(30)27-10-4-6-11(7-5-10)33-9-13(29)28-12-3-1-2-8-26-12/h1-8H,9H2,(H,27,30)(H,31,32)(H,26,28,29). The first-order chi connectivity index (χ1) is 15.7. The maximum absolute atomic E-state index is 12.8. The summed E-state index contributed by atoms with van der Waals surface area (Å²) in [7, 11) is 0. The van der Waals surface area contributed by atoms with Crippen molar-refractivity contribution in [2.75, 3.05) is 16.4 Å². The molecule has 0 saturated carbocycles. The number of amides is 2.